The van der Waals surface area contributed by atoms with Crippen molar-refractivity contribution < 1.29 is 14.3 Å². The van der Waals surface area contributed by atoms with E-state index in [1.807, 2.05) is 19.1 Å². The molecular formula is C13H14O3. The van der Waals surface area contributed by atoms with Crippen LogP contribution in [0, 0.1) is 6.92 Å². The van der Waals surface area contributed by atoms with E-state index in [2.05, 4.69) is 6.58 Å². The van der Waals surface area contributed by atoms with Crippen LogP contribution in [0.2, 0.25) is 0 Å². The molecule has 3 nitrogen and oxygen atoms in total. The minimum absolute atomic E-state index is 0.286. The van der Waals surface area contributed by atoms with Crippen LogP contribution < -0.4 is 4.74 Å². The smallest absolute Gasteiger partial charge is 0.303 e. The summed E-state index contributed by atoms with van der Waals surface area (Å²) in [6.07, 6.45) is 1.49. The van der Waals surface area contributed by atoms with E-state index in [1.165, 1.54) is 6.92 Å². The number of fused-ring (bicyclic) bond motifs is 1. The third-order valence-corrected chi connectivity index (χ3v) is 2.60. The molecular weight excluding hydrogens is 204 g/mol. The van der Waals surface area contributed by atoms with Crippen molar-refractivity contribution in [3.8, 4) is 5.75 Å². The van der Waals surface area contributed by atoms with Crippen LogP contribution in [0.1, 0.15) is 29.7 Å². The van der Waals surface area contributed by atoms with Crippen molar-refractivity contribution in [2.75, 3.05) is 6.61 Å². The van der Waals surface area contributed by atoms with Crippen LogP contribution in [0.25, 0.3) is 6.08 Å². The summed E-state index contributed by atoms with van der Waals surface area (Å²) >= 11 is 0. The van der Waals surface area contributed by atoms with Crippen LogP contribution in [-0.2, 0) is 9.53 Å². The van der Waals surface area contributed by atoms with Gasteiger partial charge in [-0.15, -0.1) is 0 Å². The first-order valence-corrected chi connectivity index (χ1v) is 5.19. The summed E-state index contributed by atoms with van der Waals surface area (Å²) in [5, 5.41) is 0. The molecule has 1 aromatic rings. The van der Waals surface area contributed by atoms with Crippen LogP contribution >= 0.6 is 0 Å². The zero-order valence-corrected chi connectivity index (χ0v) is 9.45. The SMILES string of the molecule is C=Cc1cc(C)c2c(c1)C(OC(C)=O)CO2. The van der Waals surface area contributed by atoms with E-state index in [-0.39, 0.29) is 12.1 Å². The van der Waals surface area contributed by atoms with Gasteiger partial charge in [-0.2, -0.15) is 0 Å². The lowest BCUT2D eigenvalue weighted by Crippen LogP contribution is -2.09. The van der Waals surface area contributed by atoms with Gasteiger partial charge in [-0.25, -0.2) is 0 Å². The molecule has 0 amide bonds. The molecule has 1 aliphatic rings. The van der Waals surface area contributed by atoms with Gasteiger partial charge in [0, 0.05) is 12.5 Å². The normalized spacial score (nSPS) is 17.5. The Kier molecular flexibility index (Phi) is 2.69. The number of benzene rings is 1. The Bertz CT molecular complexity index is 449. The molecule has 1 aliphatic heterocycles. The fourth-order valence-electron chi connectivity index (χ4n) is 1.93. The van der Waals surface area contributed by atoms with E-state index >= 15 is 0 Å². The second kappa shape index (κ2) is 4.00. The van der Waals surface area contributed by atoms with Gasteiger partial charge in [0.1, 0.15) is 12.4 Å². The van der Waals surface area contributed by atoms with Crippen molar-refractivity contribution in [2.45, 2.75) is 20.0 Å². The zero-order chi connectivity index (χ0) is 11.7. The molecule has 2 rings (SSSR count). The van der Waals surface area contributed by atoms with E-state index in [0.29, 0.717) is 6.61 Å². The largest absolute Gasteiger partial charge is 0.489 e. The van der Waals surface area contributed by atoms with Gasteiger partial charge in [-0.1, -0.05) is 12.7 Å². The summed E-state index contributed by atoms with van der Waals surface area (Å²) in [6, 6.07) is 3.96. The molecule has 1 unspecified atom stereocenters. The molecule has 3 heteroatoms. The highest BCUT2D eigenvalue weighted by atomic mass is 16.6. The number of esters is 1. The molecule has 0 saturated heterocycles. The quantitative estimate of drug-likeness (QED) is 0.716. The van der Waals surface area contributed by atoms with Crippen molar-refractivity contribution in [3.63, 3.8) is 0 Å². The number of rotatable bonds is 2. The van der Waals surface area contributed by atoms with Gasteiger partial charge in [0.15, 0.2) is 6.10 Å². The fourth-order valence-corrected chi connectivity index (χ4v) is 1.93. The lowest BCUT2D eigenvalue weighted by molar-refractivity contribution is -0.147. The Labute approximate surface area is 94.7 Å². The zero-order valence-electron chi connectivity index (χ0n) is 9.45. The van der Waals surface area contributed by atoms with Crippen molar-refractivity contribution in [1.82, 2.24) is 0 Å². The second-order valence-electron chi connectivity index (χ2n) is 3.87. The summed E-state index contributed by atoms with van der Waals surface area (Å²) in [6.45, 7) is 7.51. The summed E-state index contributed by atoms with van der Waals surface area (Å²) < 4.78 is 10.7. The third kappa shape index (κ3) is 1.81. The van der Waals surface area contributed by atoms with E-state index < -0.39 is 0 Å². The Morgan fingerprint density at radius 3 is 3.00 bits per heavy atom. The topological polar surface area (TPSA) is 35.5 Å². The van der Waals surface area contributed by atoms with Gasteiger partial charge >= 0.3 is 5.97 Å². The number of carbonyl (C=O) groups is 1. The van der Waals surface area contributed by atoms with E-state index in [9.17, 15) is 4.79 Å². The minimum atomic E-state index is -0.289. The van der Waals surface area contributed by atoms with Gasteiger partial charge in [-0.05, 0) is 30.2 Å². The molecule has 0 aliphatic carbocycles. The van der Waals surface area contributed by atoms with Gasteiger partial charge in [0.05, 0.1) is 0 Å². The van der Waals surface area contributed by atoms with Crippen LogP contribution in [0.4, 0.5) is 0 Å². The highest BCUT2D eigenvalue weighted by Crippen LogP contribution is 2.38. The highest BCUT2D eigenvalue weighted by molar-refractivity contribution is 5.67. The molecule has 0 aromatic heterocycles. The molecule has 0 spiro atoms. The van der Waals surface area contributed by atoms with E-state index in [1.54, 1.807) is 6.08 Å². The maximum Gasteiger partial charge on any atom is 0.303 e. The van der Waals surface area contributed by atoms with Gasteiger partial charge in [-0.3, -0.25) is 4.79 Å². The number of ether oxygens (including phenoxy) is 2. The Morgan fingerprint density at radius 1 is 1.62 bits per heavy atom. The molecule has 1 atom stereocenters. The lowest BCUT2D eigenvalue weighted by Gasteiger charge is -2.09. The predicted octanol–water partition coefficient (Wildman–Crippen LogP) is 2.63. The second-order valence-corrected chi connectivity index (χ2v) is 3.87. The van der Waals surface area contributed by atoms with Gasteiger partial charge in [0.25, 0.3) is 0 Å². The van der Waals surface area contributed by atoms with E-state index in [4.69, 9.17) is 9.47 Å². The van der Waals surface area contributed by atoms with Crippen LogP contribution in [0.15, 0.2) is 18.7 Å². The molecule has 0 saturated carbocycles. The number of aryl methyl sites for hydroxylation is 1. The molecule has 0 bridgehead atoms. The van der Waals surface area contributed by atoms with Crippen LogP contribution in [-0.4, -0.2) is 12.6 Å². The first-order valence-electron chi connectivity index (χ1n) is 5.19. The highest BCUT2D eigenvalue weighted by Gasteiger charge is 2.28. The number of hydrogen-bond donors (Lipinski definition) is 0. The monoisotopic (exact) mass is 218 g/mol. The van der Waals surface area contributed by atoms with Crippen LogP contribution in [0.5, 0.6) is 5.75 Å². The summed E-state index contributed by atoms with van der Waals surface area (Å²) in [5.41, 5.74) is 2.99. The summed E-state index contributed by atoms with van der Waals surface area (Å²) in [4.78, 5) is 11.0. The molecule has 0 radical (unpaired) electrons. The van der Waals surface area contributed by atoms with Gasteiger partial charge < -0.3 is 9.47 Å². The maximum atomic E-state index is 11.0. The molecule has 1 aromatic carbocycles. The average molecular weight is 218 g/mol. The van der Waals surface area contributed by atoms with Crippen molar-refractivity contribution >= 4 is 12.0 Å². The van der Waals surface area contributed by atoms with Crippen molar-refractivity contribution in [2.24, 2.45) is 0 Å². The number of carbonyl (C=O) groups excluding carboxylic acids is 1. The minimum Gasteiger partial charge on any atom is -0.489 e. The predicted molar refractivity (Wildman–Crippen MR) is 61.3 cm³/mol. The lowest BCUT2D eigenvalue weighted by atomic mass is 10.0. The van der Waals surface area contributed by atoms with Crippen LogP contribution in [0.3, 0.4) is 0 Å². The molecule has 1 heterocycles. The average Bonchev–Trinajstić information content (AvgIpc) is 2.61. The third-order valence-electron chi connectivity index (χ3n) is 2.60. The molecule has 0 fully saturated rings. The Hall–Kier alpha value is -1.77. The van der Waals surface area contributed by atoms with Crippen molar-refractivity contribution in [3.05, 3.63) is 35.4 Å². The maximum absolute atomic E-state index is 11.0. The molecule has 0 N–H and O–H groups in total. The standard InChI is InChI=1S/C13H14O3/c1-4-10-5-8(2)13-11(6-10)12(7-15-13)16-9(3)14/h4-6,12H,1,7H2,2-3H3. The Balaban J connectivity index is 2.40. The molecule has 16 heavy (non-hydrogen) atoms. The first kappa shape index (κ1) is 10.7. The Morgan fingerprint density at radius 2 is 2.38 bits per heavy atom. The molecule has 84 valence electrons. The summed E-state index contributed by atoms with van der Waals surface area (Å²) in [5.74, 6) is 0.542. The summed E-state index contributed by atoms with van der Waals surface area (Å²) in [7, 11) is 0. The fraction of sp³-hybridized carbons (Fsp3) is 0.308. The first-order chi connectivity index (χ1) is 7.61. The van der Waals surface area contributed by atoms with Gasteiger partial charge in [0.2, 0.25) is 0 Å². The number of hydrogen-bond acceptors (Lipinski definition) is 3. The van der Waals surface area contributed by atoms with Crippen molar-refractivity contribution in [1.29, 1.82) is 0 Å². The van der Waals surface area contributed by atoms with E-state index in [0.717, 1.165) is 22.4 Å².